The third-order valence-corrected chi connectivity index (χ3v) is 6.00. The molecule has 1 amide bonds. The minimum absolute atomic E-state index is 0.196. The molecule has 0 aliphatic heterocycles. The number of nitrogens with zero attached hydrogens (tertiary/aromatic N) is 5. The smallest absolute Gasteiger partial charge is 0.280 e. The number of halogens is 1. The van der Waals surface area contributed by atoms with Crippen LogP contribution in [0.1, 0.15) is 16.8 Å². The summed E-state index contributed by atoms with van der Waals surface area (Å²) in [6.45, 7) is 3.97. The molecule has 5 aromatic rings. The number of aryl methyl sites for hydroxylation is 2. The Morgan fingerprint density at radius 3 is 2.34 bits per heavy atom. The van der Waals surface area contributed by atoms with E-state index in [1.54, 1.807) is 23.7 Å². The zero-order chi connectivity index (χ0) is 24.5. The lowest BCUT2D eigenvalue weighted by Crippen LogP contribution is -2.34. The summed E-state index contributed by atoms with van der Waals surface area (Å²) < 4.78 is 4.72. The normalized spacial score (nSPS) is 11.2. The van der Waals surface area contributed by atoms with Gasteiger partial charge in [0.2, 0.25) is 5.91 Å². The molecule has 0 aliphatic carbocycles. The van der Waals surface area contributed by atoms with E-state index in [9.17, 15) is 9.59 Å². The van der Waals surface area contributed by atoms with Crippen LogP contribution in [0.15, 0.2) is 77.9 Å². The first-order valence-electron chi connectivity index (χ1n) is 11.1. The lowest BCUT2D eigenvalue weighted by molar-refractivity contribution is -0.122. The van der Waals surface area contributed by atoms with Gasteiger partial charge in [-0.3, -0.25) is 9.59 Å². The minimum atomic E-state index is -0.389. The predicted molar refractivity (Wildman–Crippen MR) is 135 cm³/mol. The number of benzene rings is 2. The van der Waals surface area contributed by atoms with Gasteiger partial charge in [0.25, 0.3) is 5.56 Å². The van der Waals surface area contributed by atoms with Crippen molar-refractivity contribution < 1.29 is 4.79 Å². The summed E-state index contributed by atoms with van der Waals surface area (Å²) in [5.74, 6) is 0.267. The van der Waals surface area contributed by atoms with Gasteiger partial charge in [-0.25, -0.2) is 9.36 Å². The van der Waals surface area contributed by atoms with Crippen molar-refractivity contribution in [3.63, 3.8) is 0 Å². The van der Waals surface area contributed by atoms with Crippen LogP contribution in [0.3, 0.4) is 0 Å². The van der Waals surface area contributed by atoms with E-state index in [1.807, 2.05) is 72.4 Å². The number of amides is 1. The molecule has 1 N–H and O–H groups in total. The second-order valence-corrected chi connectivity index (χ2v) is 8.77. The zero-order valence-corrected chi connectivity index (χ0v) is 20.0. The maximum absolute atomic E-state index is 13.6. The van der Waals surface area contributed by atoms with E-state index in [1.165, 1.54) is 4.68 Å². The van der Waals surface area contributed by atoms with Gasteiger partial charge in [0.05, 0.1) is 11.4 Å². The van der Waals surface area contributed by atoms with E-state index < -0.39 is 0 Å². The van der Waals surface area contributed by atoms with Crippen LogP contribution in [0.25, 0.3) is 22.4 Å². The van der Waals surface area contributed by atoms with E-state index in [0.717, 1.165) is 16.8 Å². The number of hydrogen-bond donors (Lipinski definition) is 1. The molecular weight excluding hydrogens is 464 g/mol. The Hall–Kier alpha value is -4.17. The van der Waals surface area contributed by atoms with E-state index in [2.05, 4.69) is 10.4 Å². The third-order valence-electron chi connectivity index (χ3n) is 5.75. The summed E-state index contributed by atoms with van der Waals surface area (Å²) in [6.07, 6.45) is 3.69. The molecule has 5 rings (SSSR count). The summed E-state index contributed by atoms with van der Waals surface area (Å²) in [7, 11) is 0. The highest BCUT2D eigenvalue weighted by Gasteiger charge is 2.22. The number of aromatic nitrogens is 5. The molecule has 0 spiro atoms. The predicted octanol–water partition coefficient (Wildman–Crippen LogP) is 3.96. The Morgan fingerprint density at radius 2 is 1.66 bits per heavy atom. The van der Waals surface area contributed by atoms with Crippen molar-refractivity contribution in [2.24, 2.45) is 0 Å². The Kier molecular flexibility index (Phi) is 5.96. The highest BCUT2D eigenvalue weighted by Crippen LogP contribution is 2.25. The number of rotatable bonds is 6. The molecule has 0 fully saturated rings. The summed E-state index contributed by atoms with van der Waals surface area (Å²) in [5, 5.41) is 12.9. The summed E-state index contributed by atoms with van der Waals surface area (Å²) in [6, 6.07) is 18.9. The van der Waals surface area contributed by atoms with Crippen molar-refractivity contribution in [1.29, 1.82) is 0 Å². The van der Waals surface area contributed by atoms with Gasteiger partial charge in [-0.1, -0.05) is 41.4 Å². The number of hydrogen-bond acceptors (Lipinski definition) is 4. The third kappa shape index (κ3) is 4.48. The molecule has 0 bridgehead atoms. The molecule has 0 unspecified atom stereocenters. The van der Waals surface area contributed by atoms with Crippen molar-refractivity contribution in [2.75, 3.05) is 0 Å². The molecule has 176 valence electrons. The van der Waals surface area contributed by atoms with Crippen molar-refractivity contribution >= 4 is 28.4 Å². The van der Waals surface area contributed by atoms with Crippen LogP contribution in [0.2, 0.25) is 5.02 Å². The van der Waals surface area contributed by atoms with Crippen molar-refractivity contribution in [2.45, 2.75) is 26.9 Å². The molecule has 0 radical (unpaired) electrons. The molecule has 8 nitrogen and oxygen atoms in total. The van der Waals surface area contributed by atoms with Crippen molar-refractivity contribution in [1.82, 2.24) is 29.4 Å². The lowest BCUT2D eigenvalue weighted by atomic mass is 10.1. The summed E-state index contributed by atoms with van der Waals surface area (Å²) in [4.78, 5) is 26.3. The molecule has 0 saturated carbocycles. The molecule has 2 aromatic carbocycles. The quantitative estimate of drug-likeness (QED) is 0.393. The van der Waals surface area contributed by atoms with Gasteiger partial charge in [0.15, 0.2) is 5.82 Å². The van der Waals surface area contributed by atoms with Gasteiger partial charge in [-0.05, 0) is 55.8 Å². The Balaban J connectivity index is 1.54. The first-order valence-corrected chi connectivity index (χ1v) is 11.5. The highest BCUT2D eigenvalue weighted by molar-refractivity contribution is 6.30. The fraction of sp³-hybridized carbons (Fsp3) is 0.154. The van der Waals surface area contributed by atoms with E-state index in [-0.39, 0.29) is 18.0 Å². The fourth-order valence-electron chi connectivity index (χ4n) is 3.94. The topological polar surface area (TPSA) is 86.7 Å². The van der Waals surface area contributed by atoms with Gasteiger partial charge < -0.3 is 9.88 Å². The number of carbonyl (C=O) groups is 1. The summed E-state index contributed by atoms with van der Waals surface area (Å²) >= 11 is 6.07. The molecule has 9 heteroatoms. The van der Waals surface area contributed by atoms with Gasteiger partial charge in [-0.2, -0.15) is 10.2 Å². The Labute approximate surface area is 206 Å². The largest absolute Gasteiger partial charge is 0.350 e. The van der Waals surface area contributed by atoms with Crippen LogP contribution >= 0.6 is 11.6 Å². The first kappa shape index (κ1) is 22.6. The van der Waals surface area contributed by atoms with Gasteiger partial charge in [0, 0.05) is 24.0 Å². The number of nitrogens with one attached hydrogen (secondary N) is 1. The van der Waals surface area contributed by atoms with Crippen LogP contribution < -0.4 is 10.9 Å². The Bertz CT molecular complexity index is 1570. The van der Waals surface area contributed by atoms with Crippen molar-refractivity contribution in [3.8, 4) is 11.5 Å². The average molecular weight is 487 g/mol. The average Bonchev–Trinajstić information content (AvgIpc) is 3.51. The van der Waals surface area contributed by atoms with Gasteiger partial charge >= 0.3 is 0 Å². The minimum Gasteiger partial charge on any atom is -0.350 e. The van der Waals surface area contributed by atoms with Crippen LogP contribution in [0.4, 0.5) is 0 Å². The van der Waals surface area contributed by atoms with Crippen LogP contribution in [-0.2, 0) is 17.9 Å². The SMILES string of the molecule is Cc1ccc(CNC(=O)Cn2nc(C)c3nn(-c4ccc(Cl)cc4)c(-n4cccc4)c3c2=O)cc1. The standard InChI is InChI=1S/C26H23ClN6O2/c1-17-5-7-19(8-6-17)15-28-22(34)16-32-26(35)23-24(18(2)29-32)30-33(21-11-9-20(27)10-12-21)25(23)31-13-3-4-14-31/h3-14H,15-16H2,1-2H3,(H,28,34). The van der Waals surface area contributed by atoms with E-state index in [4.69, 9.17) is 16.7 Å². The van der Waals surface area contributed by atoms with E-state index in [0.29, 0.717) is 34.0 Å². The lowest BCUT2D eigenvalue weighted by Gasteiger charge is -2.10. The molecule has 3 heterocycles. The zero-order valence-electron chi connectivity index (χ0n) is 19.3. The van der Waals surface area contributed by atoms with Crippen LogP contribution in [-0.4, -0.2) is 30.0 Å². The maximum atomic E-state index is 13.6. The monoisotopic (exact) mass is 486 g/mol. The summed E-state index contributed by atoms with van der Waals surface area (Å²) in [5.41, 5.74) is 3.51. The second-order valence-electron chi connectivity index (χ2n) is 8.34. The number of fused-ring (bicyclic) bond motifs is 1. The van der Waals surface area contributed by atoms with Crippen molar-refractivity contribution in [3.05, 3.63) is 105 Å². The molecule has 0 atom stereocenters. The fourth-order valence-corrected chi connectivity index (χ4v) is 4.07. The second kappa shape index (κ2) is 9.23. The van der Waals surface area contributed by atoms with Crippen LogP contribution in [0.5, 0.6) is 0 Å². The Morgan fingerprint density at radius 1 is 0.971 bits per heavy atom. The van der Waals surface area contributed by atoms with Crippen LogP contribution in [0, 0.1) is 13.8 Å². The van der Waals surface area contributed by atoms with Gasteiger partial charge in [-0.15, -0.1) is 0 Å². The molecule has 0 aliphatic rings. The van der Waals surface area contributed by atoms with E-state index >= 15 is 0 Å². The highest BCUT2D eigenvalue weighted by atomic mass is 35.5. The molecule has 35 heavy (non-hydrogen) atoms. The molecular formula is C26H23ClN6O2. The van der Waals surface area contributed by atoms with Gasteiger partial charge in [0.1, 0.15) is 17.4 Å². The molecule has 3 aromatic heterocycles. The number of carbonyl (C=O) groups excluding carboxylic acids is 1. The first-order chi connectivity index (χ1) is 16.9. The molecule has 0 saturated heterocycles. The maximum Gasteiger partial charge on any atom is 0.280 e.